The van der Waals surface area contributed by atoms with E-state index in [2.05, 4.69) is 5.32 Å². The monoisotopic (exact) mass is 366 g/mol. The van der Waals surface area contributed by atoms with E-state index in [-0.39, 0.29) is 17.3 Å². The molecular formula is C17H22N2O7. The van der Waals surface area contributed by atoms with Crippen LogP contribution >= 0.6 is 0 Å². The molecule has 1 aromatic rings. The van der Waals surface area contributed by atoms with Gasteiger partial charge in [-0.15, -0.1) is 0 Å². The van der Waals surface area contributed by atoms with Gasteiger partial charge in [0.05, 0.1) is 7.11 Å². The number of imide groups is 1. The minimum absolute atomic E-state index is 0.136. The fraction of sp³-hybridized carbons (Fsp3) is 0.412. The summed E-state index contributed by atoms with van der Waals surface area (Å²) in [5, 5.41) is 4.47. The number of amides is 3. The minimum Gasteiger partial charge on any atom is -0.493 e. The molecule has 1 rings (SSSR count). The van der Waals surface area contributed by atoms with Gasteiger partial charge < -0.3 is 19.5 Å². The Labute approximate surface area is 151 Å². The summed E-state index contributed by atoms with van der Waals surface area (Å²) in [6, 6.07) is 3.87. The summed E-state index contributed by atoms with van der Waals surface area (Å²) in [4.78, 5) is 45.7. The second-order valence-corrected chi connectivity index (χ2v) is 5.18. The Morgan fingerprint density at radius 3 is 2.42 bits per heavy atom. The maximum Gasteiger partial charge on any atom is 0.344 e. The minimum atomic E-state index is -0.799. The Hall–Kier alpha value is -3.10. The van der Waals surface area contributed by atoms with Crippen molar-refractivity contribution in [3.63, 3.8) is 0 Å². The average Bonchev–Trinajstić information content (AvgIpc) is 2.62. The SMILES string of the molecule is CCCNC(=O)NC(=O)COC(=O)COc1ccc(C(C)=O)cc1OC. The van der Waals surface area contributed by atoms with E-state index < -0.39 is 31.1 Å². The third-order valence-corrected chi connectivity index (χ3v) is 3.07. The van der Waals surface area contributed by atoms with Gasteiger partial charge in [-0.1, -0.05) is 6.92 Å². The summed E-state index contributed by atoms with van der Waals surface area (Å²) in [5.41, 5.74) is 0.440. The fourth-order valence-corrected chi connectivity index (χ4v) is 1.78. The highest BCUT2D eigenvalue weighted by molar-refractivity contribution is 5.95. The number of carbonyl (C=O) groups is 4. The number of methoxy groups -OCH3 is 1. The first-order valence-electron chi connectivity index (χ1n) is 7.92. The Bertz CT molecular complexity index is 673. The Morgan fingerprint density at radius 2 is 1.81 bits per heavy atom. The van der Waals surface area contributed by atoms with E-state index in [1.54, 1.807) is 0 Å². The number of carbonyl (C=O) groups excluding carboxylic acids is 4. The summed E-state index contributed by atoms with van der Waals surface area (Å²) in [5.74, 6) is -1.15. The van der Waals surface area contributed by atoms with Gasteiger partial charge in [0, 0.05) is 12.1 Å². The molecule has 2 N–H and O–H groups in total. The van der Waals surface area contributed by atoms with Crippen LogP contribution in [0.1, 0.15) is 30.6 Å². The lowest BCUT2D eigenvalue weighted by Crippen LogP contribution is -2.41. The third-order valence-electron chi connectivity index (χ3n) is 3.07. The van der Waals surface area contributed by atoms with Gasteiger partial charge in [-0.25, -0.2) is 9.59 Å². The standard InChI is InChI=1S/C17H22N2O7/c1-4-7-18-17(23)19-15(21)9-26-16(22)10-25-13-6-5-12(11(2)20)8-14(13)24-3/h5-6,8H,4,7,9-10H2,1-3H3,(H2,18,19,21,23). The summed E-state index contributed by atoms with van der Waals surface area (Å²) >= 11 is 0. The first-order valence-corrected chi connectivity index (χ1v) is 7.92. The Kier molecular flexibility index (Phi) is 8.62. The van der Waals surface area contributed by atoms with E-state index in [1.165, 1.54) is 32.2 Å². The van der Waals surface area contributed by atoms with Gasteiger partial charge in [0.15, 0.2) is 30.5 Å². The molecule has 0 fully saturated rings. The molecule has 0 unspecified atom stereocenters. The summed E-state index contributed by atoms with van der Waals surface area (Å²) in [6.07, 6.45) is 0.727. The zero-order chi connectivity index (χ0) is 19.5. The van der Waals surface area contributed by atoms with Crippen molar-refractivity contribution < 1.29 is 33.4 Å². The van der Waals surface area contributed by atoms with Crippen molar-refractivity contribution in [1.82, 2.24) is 10.6 Å². The van der Waals surface area contributed by atoms with Crippen LogP contribution in [0.5, 0.6) is 11.5 Å². The number of nitrogens with one attached hydrogen (secondary N) is 2. The molecule has 0 heterocycles. The van der Waals surface area contributed by atoms with E-state index in [0.29, 0.717) is 12.1 Å². The molecule has 9 heteroatoms. The number of hydrogen-bond acceptors (Lipinski definition) is 7. The van der Waals surface area contributed by atoms with Crippen LogP contribution in [0.15, 0.2) is 18.2 Å². The molecule has 0 bridgehead atoms. The van der Waals surface area contributed by atoms with Crippen molar-refractivity contribution in [2.45, 2.75) is 20.3 Å². The zero-order valence-electron chi connectivity index (χ0n) is 14.9. The van der Waals surface area contributed by atoms with E-state index in [1.807, 2.05) is 12.2 Å². The molecule has 9 nitrogen and oxygen atoms in total. The van der Waals surface area contributed by atoms with Crippen LogP contribution in [0.3, 0.4) is 0 Å². The largest absolute Gasteiger partial charge is 0.493 e. The normalized spacial score (nSPS) is 9.81. The molecule has 26 heavy (non-hydrogen) atoms. The topological polar surface area (TPSA) is 120 Å². The first kappa shape index (κ1) is 20.9. The lowest BCUT2D eigenvalue weighted by molar-refractivity contribution is -0.150. The molecular weight excluding hydrogens is 344 g/mol. The van der Waals surface area contributed by atoms with Crippen molar-refractivity contribution in [3.8, 4) is 11.5 Å². The van der Waals surface area contributed by atoms with E-state index in [4.69, 9.17) is 14.2 Å². The number of benzene rings is 1. The third kappa shape index (κ3) is 7.20. The van der Waals surface area contributed by atoms with Gasteiger partial charge in [0.2, 0.25) is 0 Å². The van der Waals surface area contributed by atoms with Crippen molar-refractivity contribution in [1.29, 1.82) is 0 Å². The van der Waals surface area contributed by atoms with Gasteiger partial charge in [0.1, 0.15) is 0 Å². The average molecular weight is 366 g/mol. The highest BCUT2D eigenvalue weighted by Crippen LogP contribution is 2.28. The molecule has 3 amide bonds. The van der Waals surface area contributed by atoms with Crippen LogP contribution < -0.4 is 20.1 Å². The summed E-state index contributed by atoms with van der Waals surface area (Å²) in [6.45, 7) is 2.64. The van der Waals surface area contributed by atoms with Gasteiger partial charge in [0.25, 0.3) is 5.91 Å². The number of ketones is 1. The summed E-state index contributed by atoms with van der Waals surface area (Å²) in [7, 11) is 1.40. The van der Waals surface area contributed by atoms with Crippen molar-refractivity contribution >= 4 is 23.7 Å². The highest BCUT2D eigenvalue weighted by atomic mass is 16.6. The van der Waals surface area contributed by atoms with Crippen LogP contribution in [-0.2, 0) is 14.3 Å². The maximum absolute atomic E-state index is 11.6. The predicted molar refractivity (Wildman–Crippen MR) is 91.3 cm³/mol. The second kappa shape index (κ2) is 10.7. The van der Waals surface area contributed by atoms with Gasteiger partial charge in [-0.05, 0) is 31.5 Å². The van der Waals surface area contributed by atoms with Gasteiger partial charge in [-0.2, -0.15) is 0 Å². The Morgan fingerprint density at radius 1 is 1.08 bits per heavy atom. The van der Waals surface area contributed by atoms with Crippen molar-refractivity contribution in [2.75, 3.05) is 26.9 Å². The number of esters is 1. The molecule has 0 radical (unpaired) electrons. The van der Waals surface area contributed by atoms with Gasteiger partial charge >= 0.3 is 12.0 Å². The van der Waals surface area contributed by atoms with Crippen LogP contribution in [-0.4, -0.2) is 50.6 Å². The molecule has 0 atom stereocenters. The number of urea groups is 1. The molecule has 0 aliphatic heterocycles. The number of Topliss-reactive ketones (excluding diaryl/α,β-unsaturated/α-hetero) is 1. The van der Waals surface area contributed by atoms with Crippen molar-refractivity contribution in [2.24, 2.45) is 0 Å². The van der Waals surface area contributed by atoms with Crippen LogP contribution in [0.25, 0.3) is 0 Å². The van der Waals surface area contributed by atoms with Crippen LogP contribution in [0.2, 0.25) is 0 Å². The molecule has 0 aliphatic carbocycles. The maximum atomic E-state index is 11.6. The van der Waals surface area contributed by atoms with Gasteiger partial charge in [-0.3, -0.25) is 14.9 Å². The fourth-order valence-electron chi connectivity index (χ4n) is 1.78. The Balaban J connectivity index is 2.43. The predicted octanol–water partition coefficient (Wildman–Crippen LogP) is 1.06. The number of hydrogen-bond donors (Lipinski definition) is 2. The van der Waals surface area contributed by atoms with Crippen molar-refractivity contribution in [3.05, 3.63) is 23.8 Å². The molecule has 1 aromatic carbocycles. The smallest absolute Gasteiger partial charge is 0.344 e. The molecule has 0 spiro atoms. The van der Waals surface area contributed by atoms with Crippen LogP contribution in [0, 0.1) is 0 Å². The lowest BCUT2D eigenvalue weighted by Gasteiger charge is -2.11. The lowest BCUT2D eigenvalue weighted by atomic mass is 10.1. The zero-order valence-corrected chi connectivity index (χ0v) is 14.9. The van der Waals surface area contributed by atoms with E-state index in [0.717, 1.165) is 6.42 Å². The number of ether oxygens (including phenoxy) is 3. The molecule has 0 aliphatic rings. The molecule has 142 valence electrons. The molecule has 0 saturated heterocycles. The number of rotatable bonds is 9. The second-order valence-electron chi connectivity index (χ2n) is 5.18. The van der Waals surface area contributed by atoms with E-state index in [9.17, 15) is 19.2 Å². The highest BCUT2D eigenvalue weighted by Gasteiger charge is 2.13. The quantitative estimate of drug-likeness (QED) is 0.495. The summed E-state index contributed by atoms with van der Waals surface area (Å²) < 4.78 is 15.1. The first-order chi connectivity index (χ1) is 12.4. The van der Waals surface area contributed by atoms with E-state index >= 15 is 0 Å². The molecule has 0 aromatic heterocycles. The molecule has 0 saturated carbocycles. The van der Waals surface area contributed by atoms with Crippen LogP contribution in [0.4, 0.5) is 4.79 Å².